The number of hydrogen-bond donors (Lipinski definition) is 0. The van der Waals surface area contributed by atoms with Crippen LogP contribution in [0.15, 0.2) is 12.1 Å². The molecule has 2 unspecified atom stereocenters. The highest BCUT2D eigenvalue weighted by Crippen LogP contribution is 2.66. The van der Waals surface area contributed by atoms with Crippen LogP contribution < -0.4 is 0 Å². The van der Waals surface area contributed by atoms with Gasteiger partial charge in [-0.2, -0.15) is 0 Å². The second-order valence-electron chi connectivity index (χ2n) is 3.73. The Balaban J connectivity index is 2.41. The fourth-order valence-electron chi connectivity index (χ4n) is 1.78. The number of carbonyl (C=O) groups excluding carboxylic acids is 1. The SMILES string of the molecule is O=C(Cl)C1C(c2cc(F)c(Cl)c(Cl)c2)C1(Cl)Cl. The number of benzene rings is 1. The van der Waals surface area contributed by atoms with Gasteiger partial charge in [-0.1, -0.05) is 23.2 Å². The van der Waals surface area contributed by atoms with Crippen molar-refractivity contribution in [3.63, 3.8) is 0 Å². The van der Waals surface area contributed by atoms with Gasteiger partial charge in [0.25, 0.3) is 0 Å². The molecule has 0 saturated heterocycles. The smallest absolute Gasteiger partial charge is 0.228 e. The van der Waals surface area contributed by atoms with Crippen LogP contribution >= 0.6 is 58.0 Å². The molecule has 1 nitrogen and oxygen atoms in total. The first-order valence-corrected chi connectivity index (χ1v) is 6.37. The second-order valence-corrected chi connectivity index (χ2v) is 6.33. The van der Waals surface area contributed by atoms with Gasteiger partial charge in [-0.25, -0.2) is 4.39 Å². The van der Waals surface area contributed by atoms with E-state index in [9.17, 15) is 9.18 Å². The Hall–Kier alpha value is 0.270. The molecule has 0 amide bonds. The van der Waals surface area contributed by atoms with Crippen LogP contribution in [0.4, 0.5) is 4.39 Å². The fourth-order valence-corrected chi connectivity index (χ4v) is 3.34. The molecule has 1 aromatic carbocycles. The van der Waals surface area contributed by atoms with E-state index in [0.717, 1.165) is 6.07 Å². The predicted molar refractivity (Wildman–Crippen MR) is 67.9 cm³/mol. The molecule has 1 aromatic rings. The van der Waals surface area contributed by atoms with Gasteiger partial charge in [0.05, 0.1) is 16.0 Å². The van der Waals surface area contributed by atoms with E-state index in [0.29, 0.717) is 5.56 Å². The Labute approximate surface area is 122 Å². The average molecular weight is 336 g/mol. The summed E-state index contributed by atoms with van der Waals surface area (Å²) in [6, 6.07) is 2.58. The third-order valence-electron chi connectivity index (χ3n) is 2.66. The minimum absolute atomic E-state index is 0.0403. The van der Waals surface area contributed by atoms with Gasteiger partial charge >= 0.3 is 0 Å². The quantitative estimate of drug-likeness (QED) is 0.431. The van der Waals surface area contributed by atoms with Crippen molar-refractivity contribution in [1.29, 1.82) is 0 Å². The zero-order valence-electron chi connectivity index (χ0n) is 7.99. The van der Waals surface area contributed by atoms with Gasteiger partial charge < -0.3 is 0 Å². The molecule has 0 aromatic heterocycles. The molecular weight excluding hydrogens is 332 g/mol. The van der Waals surface area contributed by atoms with Crippen molar-refractivity contribution in [3.05, 3.63) is 33.6 Å². The van der Waals surface area contributed by atoms with Crippen LogP contribution in [0.3, 0.4) is 0 Å². The summed E-state index contributed by atoms with van der Waals surface area (Å²) in [6.45, 7) is 0. The van der Waals surface area contributed by atoms with E-state index in [1.807, 2.05) is 0 Å². The van der Waals surface area contributed by atoms with E-state index in [-0.39, 0.29) is 10.0 Å². The van der Waals surface area contributed by atoms with Crippen molar-refractivity contribution < 1.29 is 9.18 Å². The van der Waals surface area contributed by atoms with Gasteiger partial charge in [0.2, 0.25) is 5.24 Å². The maximum atomic E-state index is 13.4. The topological polar surface area (TPSA) is 17.1 Å². The molecule has 1 aliphatic rings. The van der Waals surface area contributed by atoms with Crippen molar-refractivity contribution in [2.24, 2.45) is 5.92 Å². The molecule has 1 saturated carbocycles. The normalized spacial score (nSPS) is 25.8. The molecule has 17 heavy (non-hydrogen) atoms. The van der Waals surface area contributed by atoms with Gasteiger partial charge in [-0.05, 0) is 29.3 Å². The second kappa shape index (κ2) is 4.43. The number of alkyl halides is 2. The molecule has 2 atom stereocenters. The van der Waals surface area contributed by atoms with E-state index in [4.69, 9.17) is 58.0 Å². The summed E-state index contributed by atoms with van der Waals surface area (Å²) in [5, 5.41) is -0.801. The lowest BCUT2D eigenvalue weighted by molar-refractivity contribution is -0.112. The van der Waals surface area contributed by atoms with E-state index in [2.05, 4.69) is 0 Å². The minimum Gasteiger partial charge on any atom is -0.281 e. The molecule has 1 fully saturated rings. The number of carbonyl (C=O) groups is 1. The van der Waals surface area contributed by atoms with Gasteiger partial charge in [-0.3, -0.25) is 4.79 Å². The zero-order valence-corrected chi connectivity index (χ0v) is 11.8. The minimum atomic E-state index is -1.32. The highest BCUT2D eigenvalue weighted by Gasteiger charge is 2.67. The first kappa shape index (κ1) is 13.7. The van der Waals surface area contributed by atoms with E-state index in [1.165, 1.54) is 6.07 Å². The summed E-state index contributed by atoms with van der Waals surface area (Å²) in [5.74, 6) is -2.02. The number of hydrogen-bond acceptors (Lipinski definition) is 1. The maximum absolute atomic E-state index is 13.4. The average Bonchev–Trinajstić information content (AvgIpc) is 2.77. The van der Waals surface area contributed by atoms with E-state index >= 15 is 0 Å². The monoisotopic (exact) mass is 334 g/mol. The fraction of sp³-hybridized carbons (Fsp3) is 0.300. The molecular formula is C10H4Cl5FO. The highest BCUT2D eigenvalue weighted by atomic mass is 35.5. The van der Waals surface area contributed by atoms with Crippen molar-refractivity contribution in [2.45, 2.75) is 10.3 Å². The van der Waals surface area contributed by atoms with Crippen LogP contribution in [0.1, 0.15) is 11.5 Å². The summed E-state index contributed by atoms with van der Waals surface area (Å²) >= 11 is 28.5. The maximum Gasteiger partial charge on any atom is 0.228 e. The molecule has 0 aliphatic heterocycles. The molecule has 0 spiro atoms. The van der Waals surface area contributed by atoms with Crippen LogP contribution in [-0.4, -0.2) is 9.58 Å². The van der Waals surface area contributed by atoms with Crippen LogP contribution in [0.5, 0.6) is 0 Å². The summed E-state index contributed by atoms with van der Waals surface area (Å²) in [5.41, 5.74) is 0.404. The molecule has 1 aliphatic carbocycles. The molecule has 7 heteroatoms. The summed E-state index contributed by atoms with van der Waals surface area (Å²) in [4.78, 5) is 11.1. The van der Waals surface area contributed by atoms with Crippen LogP contribution in [0.2, 0.25) is 10.0 Å². The van der Waals surface area contributed by atoms with E-state index in [1.54, 1.807) is 0 Å². The van der Waals surface area contributed by atoms with Crippen LogP contribution in [-0.2, 0) is 4.79 Å². The van der Waals surface area contributed by atoms with Crippen molar-refractivity contribution in [1.82, 2.24) is 0 Å². The first-order chi connectivity index (χ1) is 7.76. The van der Waals surface area contributed by atoms with Gasteiger partial charge in [0.1, 0.15) is 10.2 Å². The van der Waals surface area contributed by atoms with Crippen molar-refractivity contribution >= 4 is 63.2 Å². The molecule has 0 heterocycles. The Kier molecular flexibility index (Phi) is 3.57. The Morgan fingerprint density at radius 1 is 1.29 bits per heavy atom. The Morgan fingerprint density at radius 2 is 1.88 bits per heavy atom. The van der Waals surface area contributed by atoms with Gasteiger partial charge in [0.15, 0.2) is 0 Å². The highest BCUT2D eigenvalue weighted by molar-refractivity contribution is 6.68. The van der Waals surface area contributed by atoms with Crippen molar-refractivity contribution in [3.8, 4) is 0 Å². The molecule has 0 bridgehead atoms. The van der Waals surface area contributed by atoms with E-state index < -0.39 is 27.2 Å². The van der Waals surface area contributed by atoms with Gasteiger partial charge in [-0.15, -0.1) is 23.2 Å². The molecule has 0 N–H and O–H groups in total. The standard InChI is InChI=1S/C10H4Cl5FO/c11-4-1-3(2-5(16)8(4)12)6-7(9(13)17)10(6,14)15/h1-2,6-7H. The number of halogens is 6. The molecule has 92 valence electrons. The van der Waals surface area contributed by atoms with Crippen molar-refractivity contribution in [2.75, 3.05) is 0 Å². The predicted octanol–water partition coefficient (Wildman–Crippen LogP) is 4.79. The lowest BCUT2D eigenvalue weighted by atomic mass is 10.1. The van der Waals surface area contributed by atoms with Crippen LogP contribution in [0.25, 0.3) is 0 Å². The third kappa shape index (κ3) is 2.26. The Bertz CT molecular complexity index is 478. The summed E-state index contributed by atoms with van der Waals surface area (Å²) in [7, 11) is 0. The van der Waals surface area contributed by atoms with Gasteiger partial charge in [0, 0.05) is 5.92 Å². The largest absolute Gasteiger partial charge is 0.281 e. The summed E-state index contributed by atoms with van der Waals surface area (Å²) < 4.78 is 12.1. The first-order valence-electron chi connectivity index (χ1n) is 4.48. The lowest BCUT2D eigenvalue weighted by Crippen LogP contribution is -1.96. The van der Waals surface area contributed by atoms with Crippen LogP contribution in [0, 0.1) is 11.7 Å². The number of rotatable bonds is 2. The zero-order chi connectivity index (χ0) is 13.0. The summed E-state index contributed by atoms with van der Waals surface area (Å²) in [6.07, 6.45) is 0. The molecule has 2 rings (SSSR count). The molecule has 0 radical (unpaired) electrons. The Morgan fingerprint density at radius 3 is 2.29 bits per heavy atom. The lowest BCUT2D eigenvalue weighted by Gasteiger charge is -2.04. The third-order valence-corrected chi connectivity index (χ3v) is 4.62.